The highest BCUT2D eigenvalue weighted by atomic mass is 19.1. The Balaban J connectivity index is 2.12. The molecule has 1 heterocycles. The predicted octanol–water partition coefficient (Wildman–Crippen LogP) is 4.09. The van der Waals surface area contributed by atoms with E-state index in [1.54, 1.807) is 0 Å². The van der Waals surface area contributed by atoms with Gasteiger partial charge in [-0.15, -0.1) is 0 Å². The third-order valence-electron chi connectivity index (χ3n) is 4.88. The maximum absolute atomic E-state index is 12.9. The molecule has 1 aliphatic heterocycles. The van der Waals surface area contributed by atoms with Crippen molar-refractivity contribution in [2.75, 3.05) is 25.1 Å². The molecule has 0 bridgehead atoms. The minimum atomic E-state index is -0.288. The van der Waals surface area contributed by atoms with E-state index in [0.717, 1.165) is 49.2 Å². The molecule has 0 saturated carbocycles. The number of nitrogens with one attached hydrogen (secondary N) is 1. The fraction of sp³-hybridized carbons (Fsp3) is 0.632. The minimum Gasteiger partial charge on any atom is -0.324 e. The van der Waals surface area contributed by atoms with E-state index < -0.39 is 0 Å². The molecule has 4 heteroatoms. The molecule has 1 N–H and O–H groups in total. The van der Waals surface area contributed by atoms with Crippen molar-refractivity contribution in [3.63, 3.8) is 0 Å². The van der Waals surface area contributed by atoms with Crippen LogP contribution in [0.2, 0.25) is 0 Å². The molecule has 0 radical (unpaired) electrons. The normalized spacial score (nSPS) is 22.1. The summed E-state index contributed by atoms with van der Waals surface area (Å²) in [6.07, 6.45) is 3.37. The number of piperidine rings is 1. The number of carbonyl (C=O) groups excluding carboxylic acids is 1. The average Bonchev–Trinajstić information content (AvgIpc) is 2.53. The number of aryl methyl sites for hydroxylation is 2. The molecule has 128 valence electrons. The molecule has 1 aromatic carbocycles. The standard InChI is InChI=1S/C19H29FN2O/c1-4-11-22-12-9-16(8-10-20)13-17(22)19(23)21-18-14(2)6-5-7-15(18)3/h5-7,16-17H,4,8-13H2,1-3H3,(H,21,23)/t16-,17+/m1/s1. The monoisotopic (exact) mass is 320 g/mol. The summed E-state index contributed by atoms with van der Waals surface area (Å²) in [4.78, 5) is 15.1. The van der Waals surface area contributed by atoms with Gasteiger partial charge in [-0.2, -0.15) is 0 Å². The Morgan fingerprint density at radius 3 is 2.65 bits per heavy atom. The second-order valence-corrected chi connectivity index (χ2v) is 6.68. The van der Waals surface area contributed by atoms with Crippen LogP contribution in [0.25, 0.3) is 0 Å². The van der Waals surface area contributed by atoms with Gasteiger partial charge in [0.15, 0.2) is 0 Å². The summed E-state index contributed by atoms with van der Waals surface area (Å²) >= 11 is 0. The molecule has 2 rings (SSSR count). The number of hydrogen-bond acceptors (Lipinski definition) is 2. The summed E-state index contributed by atoms with van der Waals surface area (Å²) in [5, 5.41) is 3.12. The van der Waals surface area contributed by atoms with Crippen molar-refractivity contribution in [2.24, 2.45) is 5.92 Å². The predicted molar refractivity (Wildman–Crippen MR) is 93.5 cm³/mol. The van der Waals surface area contributed by atoms with E-state index >= 15 is 0 Å². The van der Waals surface area contributed by atoms with Gasteiger partial charge >= 0.3 is 0 Å². The zero-order valence-corrected chi connectivity index (χ0v) is 14.6. The van der Waals surface area contributed by atoms with Crippen LogP contribution in [0.1, 0.15) is 43.7 Å². The Kier molecular flexibility index (Phi) is 6.58. The number of halogens is 1. The molecule has 0 unspecified atom stereocenters. The first-order valence-electron chi connectivity index (χ1n) is 8.73. The lowest BCUT2D eigenvalue weighted by Crippen LogP contribution is -2.49. The molecule has 1 aromatic rings. The number of rotatable bonds is 6. The number of anilines is 1. The number of carbonyl (C=O) groups is 1. The van der Waals surface area contributed by atoms with Crippen molar-refractivity contribution in [3.05, 3.63) is 29.3 Å². The summed E-state index contributed by atoms with van der Waals surface area (Å²) in [7, 11) is 0. The lowest BCUT2D eigenvalue weighted by atomic mass is 9.88. The highest BCUT2D eigenvalue weighted by Gasteiger charge is 2.33. The first-order chi connectivity index (χ1) is 11.1. The van der Waals surface area contributed by atoms with Gasteiger partial charge in [0.1, 0.15) is 0 Å². The van der Waals surface area contributed by atoms with E-state index in [-0.39, 0.29) is 18.6 Å². The van der Waals surface area contributed by atoms with Gasteiger partial charge in [0.25, 0.3) is 0 Å². The fourth-order valence-electron chi connectivity index (χ4n) is 3.55. The smallest absolute Gasteiger partial charge is 0.241 e. The van der Waals surface area contributed by atoms with Crippen molar-refractivity contribution in [3.8, 4) is 0 Å². The zero-order chi connectivity index (χ0) is 16.8. The third kappa shape index (κ3) is 4.54. The lowest BCUT2D eigenvalue weighted by Gasteiger charge is -2.38. The number of benzene rings is 1. The van der Waals surface area contributed by atoms with E-state index in [9.17, 15) is 9.18 Å². The second-order valence-electron chi connectivity index (χ2n) is 6.68. The first-order valence-corrected chi connectivity index (χ1v) is 8.73. The highest BCUT2D eigenvalue weighted by molar-refractivity contribution is 5.96. The van der Waals surface area contributed by atoms with Gasteiger partial charge in [-0.25, -0.2) is 0 Å². The van der Waals surface area contributed by atoms with Crippen LogP contribution >= 0.6 is 0 Å². The summed E-state index contributed by atoms with van der Waals surface area (Å²) in [5.41, 5.74) is 3.08. The van der Waals surface area contributed by atoms with E-state index in [2.05, 4.69) is 17.1 Å². The van der Waals surface area contributed by atoms with Crippen LogP contribution in [0.4, 0.5) is 10.1 Å². The van der Waals surface area contributed by atoms with E-state index in [1.807, 2.05) is 32.0 Å². The summed E-state index contributed by atoms with van der Waals surface area (Å²) in [6.45, 7) is 7.69. The molecule has 3 nitrogen and oxygen atoms in total. The topological polar surface area (TPSA) is 32.3 Å². The van der Waals surface area contributed by atoms with Gasteiger partial charge in [0.05, 0.1) is 12.7 Å². The van der Waals surface area contributed by atoms with Gasteiger partial charge in [0.2, 0.25) is 5.91 Å². The number of alkyl halides is 1. The Hall–Kier alpha value is -1.42. The van der Waals surface area contributed by atoms with Crippen LogP contribution in [0.5, 0.6) is 0 Å². The van der Waals surface area contributed by atoms with Crippen LogP contribution in [0.3, 0.4) is 0 Å². The molecule has 0 aliphatic carbocycles. The van der Waals surface area contributed by atoms with E-state index in [4.69, 9.17) is 0 Å². The van der Waals surface area contributed by atoms with Crippen LogP contribution in [0.15, 0.2) is 18.2 Å². The molecule has 2 atom stereocenters. The van der Waals surface area contributed by atoms with Gasteiger partial charge in [-0.05, 0) is 69.7 Å². The van der Waals surface area contributed by atoms with Crippen molar-refractivity contribution in [1.29, 1.82) is 0 Å². The van der Waals surface area contributed by atoms with E-state index in [1.165, 1.54) is 0 Å². The highest BCUT2D eigenvalue weighted by Crippen LogP contribution is 2.28. The average molecular weight is 320 g/mol. The maximum atomic E-state index is 12.9. The fourth-order valence-corrected chi connectivity index (χ4v) is 3.55. The number of likely N-dealkylation sites (tertiary alicyclic amines) is 1. The quantitative estimate of drug-likeness (QED) is 0.856. The van der Waals surface area contributed by atoms with Crippen LogP contribution < -0.4 is 5.32 Å². The van der Waals surface area contributed by atoms with Crippen LogP contribution in [-0.2, 0) is 4.79 Å². The molecular formula is C19H29FN2O. The Morgan fingerprint density at radius 1 is 1.35 bits per heavy atom. The number of para-hydroxylation sites is 1. The van der Waals surface area contributed by atoms with Crippen LogP contribution in [-0.4, -0.2) is 36.6 Å². The number of nitrogens with zero attached hydrogens (tertiary/aromatic N) is 1. The summed E-state index contributed by atoms with van der Waals surface area (Å²) < 4.78 is 12.7. The van der Waals surface area contributed by atoms with Crippen molar-refractivity contribution < 1.29 is 9.18 Å². The molecule has 0 aromatic heterocycles. The van der Waals surface area contributed by atoms with Crippen LogP contribution in [0, 0.1) is 19.8 Å². The molecule has 1 amide bonds. The molecule has 0 spiro atoms. The molecule has 23 heavy (non-hydrogen) atoms. The zero-order valence-electron chi connectivity index (χ0n) is 14.6. The van der Waals surface area contributed by atoms with Crippen molar-refractivity contribution in [2.45, 2.75) is 52.5 Å². The Labute approximate surface area is 139 Å². The molecule has 1 aliphatic rings. The molecular weight excluding hydrogens is 291 g/mol. The van der Waals surface area contributed by atoms with Gasteiger partial charge < -0.3 is 5.32 Å². The maximum Gasteiger partial charge on any atom is 0.241 e. The molecule has 1 saturated heterocycles. The second kappa shape index (κ2) is 8.44. The van der Waals surface area contributed by atoms with Gasteiger partial charge in [-0.1, -0.05) is 25.1 Å². The first kappa shape index (κ1) is 17.9. The Bertz CT molecular complexity index is 512. The minimum absolute atomic E-state index is 0.0550. The number of amides is 1. The summed E-state index contributed by atoms with van der Waals surface area (Å²) in [6, 6.07) is 5.89. The molecule has 1 fully saturated rings. The van der Waals surface area contributed by atoms with E-state index in [0.29, 0.717) is 12.3 Å². The Morgan fingerprint density at radius 2 is 2.04 bits per heavy atom. The summed E-state index contributed by atoms with van der Waals surface area (Å²) in [5.74, 6) is 0.376. The lowest BCUT2D eigenvalue weighted by molar-refractivity contribution is -0.123. The van der Waals surface area contributed by atoms with Crippen molar-refractivity contribution in [1.82, 2.24) is 4.90 Å². The SMILES string of the molecule is CCCN1CC[C@@H](CCF)C[C@H]1C(=O)Nc1c(C)cccc1C. The number of hydrogen-bond donors (Lipinski definition) is 1. The third-order valence-corrected chi connectivity index (χ3v) is 4.88. The van der Waals surface area contributed by atoms with Gasteiger partial charge in [-0.3, -0.25) is 14.1 Å². The largest absolute Gasteiger partial charge is 0.324 e. The van der Waals surface area contributed by atoms with Crippen molar-refractivity contribution >= 4 is 11.6 Å². The van der Waals surface area contributed by atoms with Gasteiger partial charge in [0, 0.05) is 5.69 Å².